The number of nitrogens with zero attached hydrogens (tertiary/aromatic N) is 7. The second-order valence-corrected chi connectivity index (χ2v) is 9.46. The molecule has 0 bridgehead atoms. The predicted octanol–water partition coefficient (Wildman–Crippen LogP) is 0.703. The number of urea groups is 1. The molecule has 0 spiro atoms. The molecule has 1 aliphatic heterocycles. The first-order valence-corrected chi connectivity index (χ1v) is 12.5. The predicted molar refractivity (Wildman–Crippen MR) is 140 cm³/mol. The zero-order valence-corrected chi connectivity index (χ0v) is 21.5. The van der Waals surface area contributed by atoms with Crippen molar-refractivity contribution < 1.29 is 24.5 Å². The molecule has 2 aliphatic rings. The minimum atomic E-state index is -2.98. The molecule has 39 heavy (non-hydrogen) atoms. The van der Waals surface area contributed by atoms with Crippen molar-refractivity contribution in [3.63, 3.8) is 0 Å². The van der Waals surface area contributed by atoms with E-state index in [0.717, 1.165) is 25.7 Å². The standard InChI is InChI=1S/C24H28BN9O5/c1-32-13-26-21(31-32)15-8-5-9-16(20(15)39-2)27-17-12-18(29-30-19(17)22(35)28-24(25,37)38)34-11-10-33(23(34)36)14-6-3-4-7-14/h5,8-9,12-14,37-38H,3-4,6-7,10-11H2,1-2H3,(H,27,29)(H,28,35). The molecule has 0 unspecified atom stereocenters. The Morgan fingerprint density at radius 2 is 1.95 bits per heavy atom. The van der Waals surface area contributed by atoms with E-state index in [1.165, 1.54) is 18.1 Å². The summed E-state index contributed by atoms with van der Waals surface area (Å²) in [5.74, 6) is -2.95. The van der Waals surface area contributed by atoms with Crippen molar-refractivity contribution >= 4 is 37.0 Å². The van der Waals surface area contributed by atoms with Gasteiger partial charge in [0.15, 0.2) is 36.7 Å². The smallest absolute Gasteiger partial charge is 0.326 e. The number of aromatic nitrogens is 5. The lowest BCUT2D eigenvalue weighted by molar-refractivity contribution is -0.102. The van der Waals surface area contributed by atoms with E-state index in [4.69, 9.17) is 12.6 Å². The normalized spacial score (nSPS) is 16.2. The number of carbonyl (C=O) groups excluding carboxylic acids is 2. The Morgan fingerprint density at radius 3 is 2.62 bits per heavy atom. The summed E-state index contributed by atoms with van der Waals surface area (Å²) in [6, 6.07) is 6.77. The van der Waals surface area contributed by atoms with Crippen molar-refractivity contribution in [2.75, 3.05) is 30.4 Å². The highest BCUT2D eigenvalue weighted by Gasteiger charge is 2.37. The number of aliphatic hydroxyl groups is 2. The quantitative estimate of drug-likeness (QED) is 0.239. The number of amides is 3. The van der Waals surface area contributed by atoms with Crippen molar-refractivity contribution in [3.05, 3.63) is 36.3 Å². The first-order chi connectivity index (χ1) is 18.6. The zero-order chi connectivity index (χ0) is 27.7. The van der Waals surface area contributed by atoms with Crippen molar-refractivity contribution in [1.29, 1.82) is 0 Å². The molecule has 14 nitrogen and oxygen atoms in total. The van der Waals surface area contributed by atoms with Crippen LogP contribution in [0.5, 0.6) is 5.75 Å². The van der Waals surface area contributed by atoms with Gasteiger partial charge in [-0.25, -0.2) is 9.78 Å². The van der Waals surface area contributed by atoms with Crippen LogP contribution in [-0.4, -0.2) is 91.9 Å². The molecule has 1 aromatic carbocycles. The summed E-state index contributed by atoms with van der Waals surface area (Å²) in [5, 5.41) is 36.4. The molecule has 15 heteroatoms. The van der Waals surface area contributed by atoms with Gasteiger partial charge < -0.3 is 30.5 Å². The van der Waals surface area contributed by atoms with Crippen molar-refractivity contribution in [2.24, 2.45) is 7.05 Å². The van der Waals surface area contributed by atoms with Gasteiger partial charge in [-0.2, -0.15) is 5.10 Å². The number of carbonyl (C=O) groups is 2. The first-order valence-electron chi connectivity index (χ1n) is 12.5. The van der Waals surface area contributed by atoms with Crippen LogP contribution in [0.15, 0.2) is 30.6 Å². The molecule has 202 valence electrons. The fraction of sp³-hybridized carbons (Fsp3) is 0.417. The summed E-state index contributed by atoms with van der Waals surface area (Å²) in [5.41, 5.74) is 0.852. The Hall–Kier alpha value is -4.24. The number of para-hydroxylation sites is 1. The molecule has 2 aromatic heterocycles. The van der Waals surface area contributed by atoms with E-state index >= 15 is 0 Å². The highest BCUT2D eigenvalue weighted by Crippen LogP contribution is 2.37. The summed E-state index contributed by atoms with van der Waals surface area (Å²) in [7, 11) is 8.37. The highest BCUT2D eigenvalue weighted by molar-refractivity contribution is 6.15. The van der Waals surface area contributed by atoms with Gasteiger partial charge in [-0.1, -0.05) is 18.9 Å². The molecule has 1 saturated carbocycles. The van der Waals surface area contributed by atoms with Crippen molar-refractivity contribution in [2.45, 2.75) is 37.5 Å². The van der Waals surface area contributed by atoms with Crippen LogP contribution < -0.4 is 20.3 Å². The lowest BCUT2D eigenvalue weighted by Crippen LogP contribution is -2.49. The second-order valence-electron chi connectivity index (χ2n) is 9.46. The minimum Gasteiger partial charge on any atom is -0.494 e. The summed E-state index contributed by atoms with van der Waals surface area (Å²) < 4.78 is 7.21. The SMILES string of the molecule is [B]C(O)(O)NC(=O)c1nnc(N2CCN(C3CCCC3)C2=O)cc1Nc1cccc(-c2ncn(C)n2)c1OC. The van der Waals surface area contributed by atoms with E-state index in [1.54, 1.807) is 36.3 Å². The average molecular weight is 533 g/mol. The third-order valence-corrected chi connectivity index (χ3v) is 6.71. The number of rotatable bonds is 8. The van der Waals surface area contributed by atoms with E-state index in [1.807, 2.05) is 10.2 Å². The number of anilines is 3. The van der Waals surface area contributed by atoms with Gasteiger partial charge in [0, 0.05) is 32.2 Å². The molecule has 2 radical (unpaired) electrons. The Bertz CT molecular complexity index is 1390. The monoisotopic (exact) mass is 533 g/mol. The zero-order valence-electron chi connectivity index (χ0n) is 21.5. The van der Waals surface area contributed by atoms with Gasteiger partial charge in [0.25, 0.3) is 5.91 Å². The largest absolute Gasteiger partial charge is 0.494 e. The van der Waals surface area contributed by atoms with Gasteiger partial charge >= 0.3 is 6.03 Å². The van der Waals surface area contributed by atoms with Crippen molar-refractivity contribution in [1.82, 2.24) is 35.2 Å². The van der Waals surface area contributed by atoms with Gasteiger partial charge in [0.05, 0.1) is 24.0 Å². The van der Waals surface area contributed by atoms with E-state index in [9.17, 15) is 19.8 Å². The molecule has 3 aromatic rings. The number of aryl methyl sites for hydroxylation is 1. The lowest BCUT2D eigenvalue weighted by Gasteiger charge is -2.24. The topological polar surface area (TPSA) is 171 Å². The molecule has 1 aliphatic carbocycles. The second kappa shape index (κ2) is 10.5. The van der Waals surface area contributed by atoms with Gasteiger partial charge in [-0.3, -0.25) is 14.4 Å². The minimum absolute atomic E-state index is 0.123. The van der Waals surface area contributed by atoms with Crippen LogP contribution >= 0.6 is 0 Å². The average Bonchev–Trinajstić information content (AvgIpc) is 3.64. The number of hydrogen-bond acceptors (Lipinski definition) is 10. The summed E-state index contributed by atoms with van der Waals surface area (Å²) in [4.78, 5) is 33.7. The maximum Gasteiger partial charge on any atom is 0.326 e. The van der Waals surface area contributed by atoms with E-state index in [0.29, 0.717) is 35.9 Å². The Kier molecular flexibility index (Phi) is 7.10. The van der Waals surface area contributed by atoms with Crippen LogP contribution in [0.25, 0.3) is 11.4 Å². The number of nitrogens with one attached hydrogen (secondary N) is 2. The first kappa shape index (κ1) is 26.4. The maximum atomic E-state index is 13.2. The van der Waals surface area contributed by atoms with E-state index in [-0.39, 0.29) is 29.3 Å². The summed E-state index contributed by atoms with van der Waals surface area (Å²) >= 11 is 0. The molecule has 1 saturated heterocycles. The van der Waals surface area contributed by atoms with Crippen LogP contribution in [0, 0.1) is 0 Å². The molecule has 4 N–H and O–H groups in total. The van der Waals surface area contributed by atoms with Crippen LogP contribution in [-0.2, 0) is 7.05 Å². The van der Waals surface area contributed by atoms with Gasteiger partial charge in [0.2, 0.25) is 0 Å². The molecule has 0 atom stereocenters. The maximum absolute atomic E-state index is 13.2. The Morgan fingerprint density at radius 1 is 1.18 bits per heavy atom. The Balaban J connectivity index is 1.51. The highest BCUT2D eigenvalue weighted by atomic mass is 16.5. The van der Waals surface area contributed by atoms with Crippen molar-refractivity contribution in [3.8, 4) is 17.1 Å². The molecular formula is C24H28BN9O5. The molecule has 2 fully saturated rings. The number of hydrogen-bond donors (Lipinski definition) is 4. The number of ether oxygens (including phenoxy) is 1. The van der Waals surface area contributed by atoms with Crippen LogP contribution in [0.1, 0.15) is 36.2 Å². The van der Waals surface area contributed by atoms with Gasteiger partial charge in [-0.15, -0.1) is 10.2 Å². The molecular weight excluding hydrogens is 505 g/mol. The van der Waals surface area contributed by atoms with E-state index in [2.05, 4.69) is 25.6 Å². The fourth-order valence-corrected chi connectivity index (χ4v) is 4.96. The summed E-state index contributed by atoms with van der Waals surface area (Å²) in [6.45, 7) is 0.978. The van der Waals surface area contributed by atoms with E-state index < -0.39 is 11.7 Å². The molecule has 5 rings (SSSR count). The third kappa shape index (κ3) is 5.49. The van der Waals surface area contributed by atoms with Gasteiger partial charge in [0.1, 0.15) is 6.33 Å². The number of benzene rings is 1. The van der Waals surface area contributed by atoms with Crippen LogP contribution in [0.2, 0.25) is 0 Å². The van der Waals surface area contributed by atoms with Crippen LogP contribution in [0.3, 0.4) is 0 Å². The summed E-state index contributed by atoms with van der Waals surface area (Å²) in [6.07, 6.45) is 5.70. The lowest BCUT2D eigenvalue weighted by atomic mass is 10.0. The molecule has 3 heterocycles. The third-order valence-electron chi connectivity index (χ3n) is 6.71. The number of methoxy groups -OCH3 is 1. The molecule has 3 amide bonds. The Labute approximate surface area is 225 Å². The van der Waals surface area contributed by atoms with Gasteiger partial charge in [-0.05, 0) is 25.0 Å². The van der Waals surface area contributed by atoms with Crippen LogP contribution in [0.4, 0.5) is 22.0 Å². The fourth-order valence-electron chi connectivity index (χ4n) is 4.96.